The van der Waals surface area contributed by atoms with Gasteiger partial charge in [-0.25, -0.2) is 4.89 Å². The van der Waals surface area contributed by atoms with Crippen molar-refractivity contribution in [1.82, 2.24) is 5.32 Å². The summed E-state index contributed by atoms with van der Waals surface area (Å²) >= 11 is 0. The van der Waals surface area contributed by atoms with Gasteiger partial charge in [0.1, 0.15) is 12.8 Å². The van der Waals surface area contributed by atoms with Gasteiger partial charge in [-0.3, -0.25) is 19.6 Å². The summed E-state index contributed by atoms with van der Waals surface area (Å²) < 4.78 is 16.0. The number of amides is 1. The molecule has 2 aromatic rings. The molecule has 2 aromatic carbocycles. The summed E-state index contributed by atoms with van der Waals surface area (Å²) in [6.45, 7) is 9.06. The molecule has 2 rings (SSSR count). The lowest BCUT2D eigenvalue weighted by atomic mass is 9.69. The molecule has 10 heteroatoms. The number of aliphatic hydroxyl groups is 1. The Balaban J connectivity index is 2.27. The van der Waals surface area contributed by atoms with E-state index in [4.69, 9.17) is 19.1 Å². The van der Waals surface area contributed by atoms with Gasteiger partial charge in [0.05, 0.1) is 26.2 Å². The van der Waals surface area contributed by atoms with Crippen LogP contribution in [-0.4, -0.2) is 55.6 Å². The minimum absolute atomic E-state index is 0.164. The summed E-state index contributed by atoms with van der Waals surface area (Å²) in [6, 6.07) is 12.1. The number of esters is 1. The zero-order chi connectivity index (χ0) is 33.6. The van der Waals surface area contributed by atoms with Gasteiger partial charge in [0, 0.05) is 16.9 Å². The van der Waals surface area contributed by atoms with E-state index in [1.54, 1.807) is 70.5 Å². The third-order valence-electron chi connectivity index (χ3n) is 8.26. The smallest absolute Gasteiger partial charge is 0.311 e. The Hall–Kier alpha value is -3.73. The molecule has 0 radical (unpaired) electrons. The zero-order valence-electron chi connectivity index (χ0n) is 27.6. The first-order valence-electron chi connectivity index (χ1n) is 15.3. The third-order valence-corrected chi connectivity index (χ3v) is 8.26. The zero-order valence-corrected chi connectivity index (χ0v) is 27.6. The second-order valence-corrected chi connectivity index (χ2v) is 12.1. The molecular weight excluding hydrogens is 578 g/mol. The number of carbonyl (C=O) groups is 3. The van der Waals surface area contributed by atoms with Crippen molar-refractivity contribution in [3.05, 3.63) is 65.2 Å². The summed E-state index contributed by atoms with van der Waals surface area (Å²) in [5.74, 6) is -0.583. The molecule has 248 valence electrons. The summed E-state index contributed by atoms with van der Waals surface area (Å²) in [5, 5.41) is 22.0. The molecule has 0 spiro atoms. The van der Waals surface area contributed by atoms with Crippen LogP contribution in [0.3, 0.4) is 0 Å². The van der Waals surface area contributed by atoms with Gasteiger partial charge in [0.2, 0.25) is 5.91 Å². The number of rotatable bonds is 19. The Morgan fingerprint density at radius 1 is 0.956 bits per heavy atom. The lowest BCUT2D eigenvalue weighted by Crippen LogP contribution is -2.41. The van der Waals surface area contributed by atoms with Crippen molar-refractivity contribution in [2.24, 2.45) is 16.7 Å². The monoisotopic (exact) mass is 627 g/mol. The van der Waals surface area contributed by atoms with Crippen LogP contribution in [0.4, 0.5) is 0 Å². The minimum Gasteiger partial charge on any atom is -0.493 e. The van der Waals surface area contributed by atoms with E-state index >= 15 is 0 Å². The molecule has 3 N–H and O–H groups in total. The SMILES string of the molecule is CCCCOC(=O)C(C)(C)CC(CC(C)(CC)C(OO)c1ccc(C(=O)C=Cc2ccc(OC)c(OC)c2)cc1)C(=O)NCO. The Labute approximate surface area is 266 Å². The number of hydrogen-bond donors (Lipinski definition) is 3. The van der Waals surface area contributed by atoms with Gasteiger partial charge >= 0.3 is 5.97 Å². The maximum atomic E-state index is 13.1. The first-order chi connectivity index (χ1) is 21.4. The second kappa shape index (κ2) is 17.7. The van der Waals surface area contributed by atoms with E-state index in [1.807, 2.05) is 26.8 Å². The van der Waals surface area contributed by atoms with Crippen molar-refractivity contribution in [2.45, 2.75) is 72.8 Å². The average Bonchev–Trinajstić information content (AvgIpc) is 3.03. The van der Waals surface area contributed by atoms with E-state index in [9.17, 15) is 24.7 Å². The standard InChI is InChI=1S/C35H49NO9/c1-8-10-19-44-33(40)34(3,4)21-27(32(39)36-23-37)22-35(5,9-2)31(45-41)26-15-13-25(14-16-26)28(38)17-11-24-12-18-29(42-6)30(20-24)43-7/h11-18,20,27,31,37,41H,8-10,19,21-23H2,1-7H3,(H,36,39). The van der Waals surface area contributed by atoms with E-state index < -0.39 is 41.5 Å². The molecule has 45 heavy (non-hydrogen) atoms. The molecule has 0 fully saturated rings. The van der Waals surface area contributed by atoms with Gasteiger partial charge in [0.15, 0.2) is 17.3 Å². The highest BCUT2D eigenvalue weighted by Gasteiger charge is 2.42. The fourth-order valence-corrected chi connectivity index (χ4v) is 5.32. The number of unbranched alkanes of at least 4 members (excludes halogenated alkanes) is 1. The van der Waals surface area contributed by atoms with E-state index in [0.29, 0.717) is 35.7 Å². The molecule has 0 aliphatic rings. The number of nitrogens with one attached hydrogen (secondary N) is 1. The first-order valence-corrected chi connectivity index (χ1v) is 15.3. The lowest BCUT2D eigenvalue weighted by molar-refractivity contribution is -0.309. The van der Waals surface area contributed by atoms with Gasteiger partial charge in [-0.1, -0.05) is 63.6 Å². The van der Waals surface area contributed by atoms with Crippen LogP contribution >= 0.6 is 0 Å². The lowest BCUT2D eigenvalue weighted by Gasteiger charge is -2.39. The van der Waals surface area contributed by atoms with Crippen molar-refractivity contribution in [3.8, 4) is 11.5 Å². The number of hydrogen-bond acceptors (Lipinski definition) is 9. The van der Waals surface area contributed by atoms with Crippen LogP contribution < -0.4 is 14.8 Å². The van der Waals surface area contributed by atoms with E-state index in [2.05, 4.69) is 5.32 Å². The van der Waals surface area contributed by atoms with E-state index in [0.717, 1.165) is 18.4 Å². The molecule has 10 nitrogen and oxygen atoms in total. The van der Waals surface area contributed by atoms with Gasteiger partial charge in [0.25, 0.3) is 0 Å². The molecule has 3 atom stereocenters. The average molecular weight is 628 g/mol. The molecule has 0 aliphatic carbocycles. The Kier molecular flexibility index (Phi) is 14.7. The van der Waals surface area contributed by atoms with Crippen LogP contribution in [0.5, 0.6) is 11.5 Å². The number of allylic oxidation sites excluding steroid dienone is 1. The fourth-order valence-electron chi connectivity index (χ4n) is 5.32. The van der Waals surface area contributed by atoms with Gasteiger partial charge < -0.3 is 24.6 Å². The number of aliphatic hydroxyl groups excluding tert-OH is 1. The molecule has 0 aromatic heterocycles. The Morgan fingerprint density at radius 3 is 2.18 bits per heavy atom. The van der Waals surface area contributed by atoms with Crippen LogP contribution in [0.15, 0.2) is 48.5 Å². The summed E-state index contributed by atoms with van der Waals surface area (Å²) in [4.78, 5) is 43.9. The van der Waals surface area contributed by atoms with E-state index in [1.165, 1.54) is 6.08 Å². The normalized spacial score (nSPS) is 14.3. The van der Waals surface area contributed by atoms with Crippen LogP contribution in [0.2, 0.25) is 0 Å². The van der Waals surface area contributed by atoms with Gasteiger partial charge in [-0.15, -0.1) is 0 Å². The Bertz CT molecular complexity index is 1290. The number of methoxy groups -OCH3 is 2. The predicted octanol–water partition coefficient (Wildman–Crippen LogP) is 6.38. The molecule has 0 bridgehead atoms. The van der Waals surface area contributed by atoms with Crippen LogP contribution in [-0.2, 0) is 19.2 Å². The highest BCUT2D eigenvalue weighted by Crippen LogP contribution is 2.46. The van der Waals surface area contributed by atoms with E-state index in [-0.39, 0.29) is 18.6 Å². The van der Waals surface area contributed by atoms with Crippen LogP contribution in [0.25, 0.3) is 6.08 Å². The van der Waals surface area contributed by atoms with Crippen molar-refractivity contribution in [2.75, 3.05) is 27.6 Å². The molecule has 0 saturated carbocycles. The number of benzene rings is 2. The highest BCUT2D eigenvalue weighted by atomic mass is 17.1. The van der Waals surface area contributed by atoms with Crippen molar-refractivity contribution in [1.29, 1.82) is 0 Å². The maximum absolute atomic E-state index is 13.1. The summed E-state index contributed by atoms with van der Waals surface area (Å²) in [5.41, 5.74) is 0.0767. The topological polar surface area (TPSA) is 141 Å². The molecule has 0 aliphatic heterocycles. The maximum Gasteiger partial charge on any atom is 0.311 e. The molecule has 0 saturated heterocycles. The summed E-state index contributed by atoms with van der Waals surface area (Å²) in [7, 11) is 3.10. The summed E-state index contributed by atoms with van der Waals surface area (Å²) in [6.07, 6.45) is 4.85. The quantitative estimate of drug-likeness (QED) is 0.0308. The van der Waals surface area contributed by atoms with Gasteiger partial charge in [-0.05, 0) is 68.9 Å². The van der Waals surface area contributed by atoms with Crippen LogP contribution in [0.1, 0.15) is 94.3 Å². The van der Waals surface area contributed by atoms with Crippen LogP contribution in [0, 0.1) is 16.7 Å². The van der Waals surface area contributed by atoms with Crippen molar-refractivity contribution >= 4 is 23.7 Å². The number of ether oxygens (including phenoxy) is 3. The largest absolute Gasteiger partial charge is 0.493 e. The molecule has 3 unspecified atom stereocenters. The third kappa shape index (κ3) is 10.4. The molecular formula is C35H49NO9. The van der Waals surface area contributed by atoms with Gasteiger partial charge in [-0.2, -0.15) is 0 Å². The van der Waals surface area contributed by atoms with Crippen molar-refractivity contribution < 1.29 is 43.8 Å². The van der Waals surface area contributed by atoms with Crippen molar-refractivity contribution in [3.63, 3.8) is 0 Å². The second-order valence-electron chi connectivity index (χ2n) is 12.1. The molecule has 1 amide bonds. The highest BCUT2D eigenvalue weighted by molar-refractivity contribution is 6.06. The number of ketones is 1. The number of carbonyl (C=O) groups excluding carboxylic acids is 3. The minimum atomic E-state index is -0.970. The fraction of sp³-hybridized carbons (Fsp3) is 0.514. The predicted molar refractivity (Wildman–Crippen MR) is 172 cm³/mol. The Morgan fingerprint density at radius 2 is 1.62 bits per heavy atom. The molecule has 0 heterocycles. The first kappa shape index (κ1) is 37.5.